The highest BCUT2D eigenvalue weighted by atomic mass is 79.9. The highest BCUT2D eigenvalue weighted by molar-refractivity contribution is 9.10. The molecule has 42 heavy (non-hydrogen) atoms. The molecule has 0 bridgehead atoms. The number of rotatable bonds is 4. The van der Waals surface area contributed by atoms with E-state index in [-0.39, 0.29) is 47.4 Å². The van der Waals surface area contributed by atoms with Crippen LogP contribution in [0.2, 0.25) is 0 Å². The number of carbonyl (C=O) groups excluding carboxylic acids is 3. The molecule has 1 aliphatic carbocycles. The molecule has 1 amide bonds. The number of nitrogens with zero attached hydrogens (tertiary/aromatic N) is 1. The van der Waals surface area contributed by atoms with Gasteiger partial charge in [-0.05, 0) is 63.4 Å². The zero-order chi connectivity index (χ0) is 29.8. The van der Waals surface area contributed by atoms with Crippen LogP contribution < -0.4 is 5.32 Å². The van der Waals surface area contributed by atoms with Gasteiger partial charge < -0.3 is 14.8 Å². The zero-order valence-corrected chi connectivity index (χ0v) is 25.5. The second-order valence-corrected chi connectivity index (χ2v) is 13.3. The van der Waals surface area contributed by atoms with Crippen LogP contribution in [0.1, 0.15) is 57.1 Å². The summed E-state index contributed by atoms with van der Waals surface area (Å²) in [7, 11) is 0. The van der Waals surface area contributed by atoms with Crippen LogP contribution in [0.3, 0.4) is 0 Å². The molecule has 4 atom stereocenters. The number of esters is 1. The fourth-order valence-electron chi connectivity index (χ4n) is 7.06. The minimum Gasteiger partial charge on any atom is -0.456 e. The Labute approximate surface area is 253 Å². The first-order valence-corrected chi connectivity index (χ1v) is 15.2. The summed E-state index contributed by atoms with van der Waals surface area (Å²) in [6.07, 6.45) is 1.95. The lowest BCUT2D eigenvalue weighted by atomic mass is 9.64. The summed E-state index contributed by atoms with van der Waals surface area (Å²) in [6.45, 7) is 6.59. The van der Waals surface area contributed by atoms with Gasteiger partial charge in [0, 0.05) is 23.1 Å². The lowest BCUT2D eigenvalue weighted by Crippen LogP contribution is -2.50. The van der Waals surface area contributed by atoms with Crippen LogP contribution in [0.15, 0.2) is 75.5 Å². The van der Waals surface area contributed by atoms with Gasteiger partial charge in [0.1, 0.15) is 18.5 Å². The van der Waals surface area contributed by atoms with E-state index in [9.17, 15) is 18.8 Å². The third kappa shape index (κ3) is 5.06. The Hall–Kier alpha value is -3.46. The first-order chi connectivity index (χ1) is 20.0. The molecule has 1 fully saturated rings. The van der Waals surface area contributed by atoms with Crippen molar-refractivity contribution in [1.82, 2.24) is 10.2 Å². The van der Waals surface area contributed by atoms with E-state index in [1.165, 1.54) is 16.5 Å². The number of cyclic esters (lactones) is 1. The van der Waals surface area contributed by atoms with Gasteiger partial charge in [-0.15, -0.1) is 0 Å². The molecular weight excluding hydrogens is 603 g/mol. The first kappa shape index (κ1) is 28.6. The maximum absolute atomic E-state index is 14.1. The van der Waals surface area contributed by atoms with Crippen LogP contribution >= 0.6 is 15.9 Å². The number of benzene rings is 2. The highest BCUT2D eigenvalue weighted by Gasteiger charge is 2.46. The second kappa shape index (κ2) is 11.0. The normalized spacial score (nSPS) is 26.0. The van der Waals surface area contributed by atoms with E-state index in [0.717, 1.165) is 19.3 Å². The van der Waals surface area contributed by atoms with Crippen LogP contribution in [0.25, 0.3) is 0 Å². The van der Waals surface area contributed by atoms with Gasteiger partial charge in [-0.25, -0.2) is 14.0 Å². The summed E-state index contributed by atoms with van der Waals surface area (Å²) in [6, 6.07) is 14.8. The molecule has 1 saturated carbocycles. The van der Waals surface area contributed by atoms with Crippen LogP contribution in [0, 0.1) is 17.7 Å². The molecule has 6 rings (SSSR count). The predicted molar refractivity (Wildman–Crippen MR) is 158 cm³/mol. The van der Waals surface area contributed by atoms with Gasteiger partial charge in [0.15, 0.2) is 5.78 Å². The number of nitrogens with one attached hydrogen (secondary N) is 1. The zero-order valence-electron chi connectivity index (χ0n) is 23.9. The molecule has 220 valence electrons. The summed E-state index contributed by atoms with van der Waals surface area (Å²) >= 11 is 3.22. The van der Waals surface area contributed by atoms with Crippen LogP contribution in [-0.4, -0.2) is 48.5 Å². The van der Waals surface area contributed by atoms with Gasteiger partial charge in [-0.3, -0.25) is 9.69 Å². The molecule has 4 unspecified atom stereocenters. The number of halogens is 2. The van der Waals surface area contributed by atoms with Crippen molar-refractivity contribution in [1.29, 1.82) is 0 Å². The van der Waals surface area contributed by atoms with E-state index >= 15 is 0 Å². The molecule has 2 aromatic rings. The number of hydrogen-bond donors (Lipinski definition) is 1. The largest absolute Gasteiger partial charge is 0.456 e. The van der Waals surface area contributed by atoms with Crippen LogP contribution in [0.4, 0.5) is 9.18 Å². The van der Waals surface area contributed by atoms with E-state index in [1.54, 1.807) is 12.1 Å². The molecule has 0 spiro atoms. The monoisotopic (exact) mass is 636 g/mol. The third-order valence-corrected chi connectivity index (χ3v) is 9.97. The van der Waals surface area contributed by atoms with Gasteiger partial charge in [-0.2, -0.15) is 0 Å². The standard InChI is InChI=1S/C33H34BrFN2O5/c1-18-9-11-21(33(2,3)20-7-5-4-6-8-20)27(13-18)42-32(40)37-15-24-29(26(38)16-37)28(19-10-12-23(35)22(34)14-19)30-25(36-24)17-41-31(30)39/h4-8,10,12,14,18,21,27-28,36H,9,11,13,15-17H2,1-3H3. The van der Waals surface area contributed by atoms with E-state index < -0.39 is 23.8 Å². The first-order valence-electron chi connectivity index (χ1n) is 14.4. The molecular formula is C33H34BrFN2O5. The van der Waals surface area contributed by atoms with Gasteiger partial charge in [0.2, 0.25) is 0 Å². The van der Waals surface area contributed by atoms with E-state index in [0.29, 0.717) is 34.0 Å². The fraction of sp³-hybridized carbons (Fsp3) is 0.424. The van der Waals surface area contributed by atoms with Crippen molar-refractivity contribution in [3.05, 3.63) is 92.5 Å². The Balaban J connectivity index is 1.27. The number of hydrogen-bond acceptors (Lipinski definition) is 6. The summed E-state index contributed by atoms with van der Waals surface area (Å²) in [4.78, 5) is 41.6. The van der Waals surface area contributed by atoms with Crippen LogP contribution in [0.5, 0.6) is 0 Å². The number of ketones is 1. The maximum atomic E-state index is 14.1. The fourth-order valence-corrected chi connectivity index (χ4v) is 7.46. The van der Waals surface area contributed by atoms with E-state index in [1.807, 2.05) is 18.2 Å². The minimum atomic E-state index is -0.718. The van der Waals surface area contributed by atoms with Crippen molar-refractivity contribution >= 4 is 33.8 Å². The van der Waals surface area contributed by atoms with Crippen molar-refractivity contribution in [2.24, 2.45) is 11.8 Å². The van der Waals surface area contributed by atoms with Gasteiger partial charge in [0.25, 0.3) is 0 Å². The summed E-state index contributed by atoms with van der Waals surface area (Å²) in [5, 5.41) is 3.21. The molecule has 0 radical (unpaired) electrons. The summed E-state index contributed by atoms with van der Waals surface area (Å²) < 4.78 is 25.9. The van der Waals surface area contributed by atoms with Crippen molar-refractivity contribution < 1.29 is 28.2 Å². The predicted octanol–water partition coefficient (Wildman–Crippen LogP) is 6.14. The number of dihydropyridines is 1. The van der Waals surface area contributed by atoms with Crippen molar-refractivity contribution in [2.75, 3.05) is 19.7 Å². The van der Waals surface area contributed by atoms with Gasteiger partial charge in [0.05, 0.1) is 28.8 Å². The molecule has 3 heterocycles. The molecule has 2 aromatic carbocycles. The molecule has 7 nitrogen and oxygen atoms in total. The smallest absolute Gasteiger partial charge is 0.410 e. The Morgan fingerprint density at radius 3 is 2.57 bits per heavy atom. The second-order valence-electron chi connectivity index (χ2n) is 12.4. The van der Waals surface area contributed by atoms with Crippen molar-refractivity contribution in [3.8, 4) is 0 Å². The van der Waals surface area contributed by atoms with Gasteiger partial charge in [-0.1, -0.05) is 63.6 Å². The SMILES string of the molecule is CC1CCC(C(C)(C)c2ccccc2)C(OC(=O)N2CC(=O)C3=C(C2)NC2=C(C(=O)OC2)C3c2ccc(F)c(Br)c2)C1. The lowest BCUT2D eigenvalue weighted by molar-refractivity contribution is -0.136. The topological polar surface area (TPSA) is 84.9 Å². The van der Waals surface area contributed by atoms with Crippen molar-refractivity contribution in [2.45, 2.75) is 57.5 Å². The molecule has 3 aliphatic heterocycles. The lowest BCUT2D eigenvalue weighted by Gasteiger charge is -2.44. The third-order valence-electron chi connectivity index (χ3n) is 9.37. The number of carbonyl (C=O) groups is 3. The van der Waals surface area contributed by atoms with E-state index in [2.05, 4.69) is 54.2 Å². The minimum absolute atomic E-state index is 0.0403. The Kier molecular flexibility index (Phi) is 7.50. The molecule has 9 heteroatoms. The quantitative estimate of drug-likeness (QED) is 0.406. The number of Topliss-reactive ketones (excluding diaryl/α,β-unsaturated/α-hetero) is 1. The number of amides is 1. The van der Waals surface area contributed by atoms with E-state index in [4.69, 9.17) is 9.47 Å². The van der Waals surface area contributed by atoms with Crippen molar-refractivity contribution in [3.63, 3.8) is 0 Å². The summed E-state index contributed by atoms with van der Waals surface area (Å²) in [5.74, 6) is -1.43. The Morgan fingerprint density at radius 2 is 1.83 bits per heavy atom. The van der Waals surface area contributed by atoms with Gasteiger partial charge >= 0.3 is 12.1 Å². The molecule has 1 N–H and O–H groups in total. The highest BCUT2D eigenvalue weighted by Crippen LogP contribution is 2.45. The molecule has 0 aromatic heterocycles. The summed E-state index contributed by atoms with van der Waals surface area (Å²) in [5.41, 5.74) is 3.41. The molecule has 0 saturated heterocycles. The average molecular weight is 638 g/mol. The Bertz CT molecular complexity index is 1520. The molecule has 4 aliphatic rings. The maximum Gasteiger partial charge on any atom is 0.410 e. The average Bonchev–Trinajstić information content (AvgIpc) is 3.33. The van der Waals surface area contributed by atoms with Crippen LogP contribution in [-0.2, 0) is 24.5 Å². The number of ether oxygens (including phenoxy) is 2. The Morgan fingerprint density at radius 1 is 1.07 bits per heavy atom.